The highest BCUT2D eigenvalue weighted by molar-refractivity contribution is 7.85. The van der Waals surface area contributed by atoms with Crippen LogP contribution in [-0.2, 0) is 14.9 Å². The number of amides is 1. The van der Waals surface area contributed by atoms with E-state index in [1.165, 1.54) is 23.2 Å². The number of aromatic nitrogens is 1. The van der Waals surface area contributed by atoms with E-state index in [1.54, 1.807) is 14.1 Å². The van der Waals surface area contributed by atoms with Crippen LogP contribution in [0.1, 0.15) is 0 Å². The molecule has 7 heteroatoms. The average molecular weight is 232 g/mol. The van der Waals surface area contributed by atoms with Gasteiger partial charge in [0.15, 0.2) is 0 Å². The zero-order valence-corrected chi connectivity index (χ0v) is 9.18. The van der Waals surface area contributed by atoms with Crippen LogP contribution in [0.2, 0.25) is 0 Å². The first kappa shape index (κ1) is 13.5. The molecule has 0 aliphatic heterocycles. The van der Waals surface area contributed by atoms with E-state index in [-0.39, 0.29) is 4.90 Å². The molecule has 1 heterocycles. The summed E-state index contributed by atoms with van der Waals surface area (Å²) in [7, 11) is -0.690. The van der Waals surface area contributed by atoms with E-state index in [2.05, 4.69) is 4.98 Å². The lowest BCUT2D eigenvalue weighted by Crippen LogP contribution is -2.06. The molecule has 0 spiro atoms. The molecule has 0 aliphatic rings. The molecule has 0 unspecified atom stereocenters. The fraction of sp³-hybridized carbons (Fsp3) is 0.250. The Labute approximate surface area is 88.3 Å². The molecular formula is C8H12N2O4S. The summed E-state index contributed by atoms with van der Waals surface area (Å²) in [5.41, 5.74) is 0. The molecular weight excluding hydrogens is 220 g/mol. The van der Waals surface area contributed by atoms with Gasteiger partial charge in [-0.1, -0.05) is 0 Å². The van der Waals surface area contributed by atoms with Crippen LogP contribution < -0.4 is 0 Å². The topological polar surface area (TPSA) is 87.6 Å². The minimum atomic E-state index is -4.07. The third-order valence-electron chi connectivity index (χ3n) is 1.14. The summed E-state index contributed by atoms with van der Waals surface area (Å²) in [5.74, 6) is 0. The fourth-order valence-corrected chi connectivity index (χ4v) is 0.944. The van der Waals surface area contributed by atoms with Gasteiger partial charge < -0.3 is 4.90 Å². The first-order chi connectivity index (χ1) is 6.88. The molecule has 6 nitrogen and oxygen atoms in total. The van der Waals surface area contributed by atoms with Crippen molar-refractivity contribution in [2.24, 2.45) is 0 Å². The van der Waals surface area contributed by atoms with Crippen LogP contribution in [0.5, 0.6) is 0 Å². The molecule has 0 bridgehead atoms. The molecule has 1 rings (SSSR count). The van der Waals surface area contributed by atoms with Crippen LogP contribution in [0.3, 0.4) is 0 Å². The second-order valence-electron chi connectivity index (χ2n) is 2.73. The van der Waals surface area contributed by atoms with Gasteiger partial charge in [0.1, 0.15) is 4.90 Å². The molecule has 1 amide bonds. The van der Waals surface area contributed by atoms with E-state index in [4.69, 9.17) is 4.55 Å². The number of rotatable bonds is 2. The second-order valence-corrected chi connectivity index (χ2v) is 4.15. The number of carbonyl (C=O) groups is 1. The summed E-state index contributed by atoms with van der Waals surface area (Å²) in [6, 6.07) is 2.70. The quantitative estimate of drug-likeness (QED) is 0.574. The molecule has 0 saturated heterocycles. The van der Waals surface area contributed by atoms with Gasteiger partial charge in [0, 0.05) is 26.5 Å². The number of hydrogen-bond acceptors (Lipinski definition) is 4. The maximum absolute atomic E-state index is 10.3. The van der Waals surface area contributed by atoms with Gasteiger partial charge in [-0.05, 0) is 12.1 Å². The summed E-state index contributed by atoms with van der Waals surface area (Å²) in [5, 5.41) is 0. The average Bonchev–Trinajstić information content (AvgIpc) is 2.19. The Morgan fingerprint density at radius 3 is 2.20 bits per heavy atom. The van der Waals surface area contributed by atoms with E-state index in [9.17, 15) is 13.2 Å². The van der Waals surface area contributed by atoms with Gasteiger partial charge in [-0.3, -0.25) is 14.3 Å². The van der Waals surface area contributed by atoms with E-state index >= 15 is 0 Å². The highest BCUT2D eigenvalue weighted by Crippen LogP contribution is 2.03. The summed E-state index contributed by atoms with van der Waals surface area (Å²) in [6.45, 7) is 0. The van der Waals surface area contributed by atoms with Crippen molar-refractivity contribution in [1.82, 2.24) is 9.88 Å². The van der Waals surface area contributed by atoms with E-state index in [1.807, 2.05) is 0 Å². The molecule has 84 valence electrons. The van der Waals surface area contributed by atoms with E-state index < -0.39 is 10.1 Å². The minimum absolute atomic E-state index is 0.185. The Morgan fingerprint density at radius 1 is 1.47 bits per heavy atom. The number of hydrogen-bond donors (Lipinski definition) is 1. The molecule has 1 N–H and O–H groups in total. The Morgan fingerprint density at radius 2 is 2.00 bits per heavy atom. The van der Waals surface area contributed by atoms with Crippen molar-refractivity contribution in [2.75, 3.05) is 14.1 Å². The van der Waals surface area contributed by atoms with Gasteiger partial charge in [0.05, 0.1) is 0 Å². The second kappa shape index (κ2) is 6.10. The summed E-state index contributed by atoms with van der Waals surface area (Å²) in [4.78, 5) is 14.2. The molecule has 1 aromatic rings. The molecule has 15 heavy (non-hydrogen) atoms. The Balaban J connectivity index is 0.000000336. The SMILES string of the molecule is CN(C)C=O.O=S(=O)(O)c1cccnc1. The number of nitrogens with zero attached hydrogens (tertiary/aromatic N) is 2. The zero-order chi connectivity index (χ0) is 11.9. The number of pyridine rings is 1. The monoisotopic (exact) mass is 232 g/mol. The normalized spacial score (nSPS) is 9.80. The van der Waals surface area contributed by atoms with Crippen LogP contribution in [0.15, 0.2) is 29.4 Å². The first-order valence-electron chi connectivity index (χ1n) is 3.87. The Kier molecular flexibility index (Phi) is 5.50. The molecule has 0 fully saturated rings. The molecule has 0 atom stereocenters. The van der Waals surface area contributed by atoms with Gasteiger partial charge in [-0.15, -0.1) is 0 Å². The van der Waals surface area contributed by atoms with E-state index in [0.717, 1.165) is 12.6 Å². The molecule has 0 aliphatic carbocycles. The number of carbonyl (C=O) groups excluding carboxylic acids is 1. The summed E-state index contributed by atoms with van der Waals surface area (Å²) < 4.78 is 29.1. The largest absolute Gasteiger partial charge is 0.351 e. The fourth-order valence-electron chi connectivity index (χ4n) is 0.500. The third-order valence-corrected chi connectivity index (χ3v) is 1.98. The van der Waals surface area contributed by atoms with Gasteiger partial charge in [-0.2, -0.15) is 8.42 Å². The van der Waals surface area contributed by atoms with Gasteiger partial charge in [0.25, 0.3) is 10.1 Å². The minimum Gasteiger partial charge on any atom is -0.351 e. The van der Waals surface area contributed by atoms with Crippen molar-refractivity contribution < 1.29 is 17.8 Å². The summed E-state index contributed by atoms with van der Waals surface area (Å²) in [6.07, 6.45) is 3.25. The molecule has 0 radical (unpaired) electrons. The van der Waals surface area contributed by atoms with Crippen LogP contribution in [0.25, 0.3) is 0 Å². The predicted molar refractivity (Wildman–Crippen MR) is 53.8 cm³/mol. The predicted octanol–water partition coefficient (Wildman–Crippen LogP) is 0.0327. The maximum Gasteiger partial charge on any atom is 0.296 e. The first-order valence-corrected chi connectivity index (χ1v) is 5.31. The van der Waals surface area contributed by atoms with E-state index in [0.29, 0.717) is 0 Å². The molecule has 0 saturated carbocycles. The Bertz CT molecular complexity index is 388. The van der Waals surface area contributed by atoms with Crippen LogP contribution in [-0.4, -0.2) is 43.4 Å². The smallest absolute Gasteiger partial charge is 0.296 e. The lowest BCUT2D eigenvalue weighted by molar-refractivity contribution is -0.115. The van der Waals surface area contributed by atoms with Crippen molar-refractivity contribution in [3.63, 3.8) is 0 Å². The molecule has 1 aromatic heterocycles. The van der Waals surface area contributed by atoms with Crippen molar-refractivity contribution in [3.05, 3.63) is 24.5 Å². The highest BCUT2D eigenvalue weighted by Gasteiger charge is 2.06. The highest BCUT2D eigenvalue weighted by atomic mass is 32.2. The third kappa shape index (κ3) is 6.58. The van der Waals surface area contributed by atoms with Crippen molar-refractivity contribution in [3.8, 4) is 0 Å². The molecule has 0 aromatic carbocycles. The van der Waals surface area contributed by atoms with Gasteiger partial charge in [-0.25, -0.2) is 0 Å². The lowest BCUT2D eigenvalue weighted by atomic mass is 10.5. The standard InChI is InChI=1S/C5H5NO3S.C3H7NO/c7-10(8,9)5-2-1-3-6-4-5;1-4(2)3-5/h1-4H,(H,7,8,9);3H,1-2H3. The van der Waals surface area contributed by atoms with Gasteiger partial charge in [0.2, 0.25) is 6.41 Å². The van der Waals surface area contributed by atoms with Crippen molar-refractivity contribution >= 4 is 16.5 Å². The Hall–Kier alpha value is -1.47. The van der Waals surface area contributed by atoms with Crippen LogP contribution in [0.4, 0.5) is 0 Å². The van der Waals surface area contributed by atoms with Crippen molar-refractivity contribution in [2.45, 2.75) is 4.90 Å². The zero-order valence-electron chi connectivity index (χ0n) is 8.36. The van der Waals surface area contributed by atoms with Crippen LogP contribution >= 0.6 is 0 Å². The van der Waals surface area contributed by atoms with Crippen molar-refractivity contribution in [1.29, 1.82) is 0 Å². The maximum atomic E-state index is 10.3. The lowest BCUT2D eigenvalue weighted by Gasteiger charge is -1.93. The van der Waals surface area contributed by atoms with Crippen LogP contribution in [0, 0.1) is 0 Å². The van der Waals surface area contributed by atoms with Gasteiger partial charge >= 0.3 is 0 Å². The summed E-state index contributed by atoms with van der Waals surface area (Å²) >= 11 is 0.